The second-order valence-corrected chi connectivity index (χ2v) is 6.92. The zero-order valence-electron chi connectivity index (χ0n) is 14.3. The van der Waals surface area contributed by atoms with Crippen LogP contribution in [0.15, 0.2) is 60.7 Å². The van der Waals surface area contributed by atoms with Gasteiger partial charge in [0.05, 0.1) is 5.92 Å². The van der Waals surface area contributed by atoms with Gasteiger partial charge in [0.2, 0.25) is 6.10 Å². The van der Waals surface area contributed by atoms with Crippen LogP contribution in [0.1, 0.15) is 24.0 Å². The Hall–Kier alpha value is -2.60. The zero-order valence-corrected chi connectivity index (χ0v) is 15.1. The molecule has 2 atom stereocenters. The van der Waals surface area contributed by atoms with Crippen molar-refractivity contribution in [1.29, 1.82) is 0 Å². The summed E-state index contributed by atoms with van der Waals surface area (Å²) >= 11 is 1.01. The number of thioether (sulfide) groups is 1. The molecular formula is C20H20O5S. The van der Waals surface area contributed by atoms with E-state index in [1.807, 2.05) is 12.1 Å². The van der Waals surface area contributed by atoms with Crippen LogP contribution in [0, 0.1) is 0 Å². The Kier molecular flexibility index (Phi) is 7.41. The van der Waals surface area contributed by atoms with Crippen LogP contribution in [0.25, 0.3) is 0 Å². The van der Waals surface area contributed by atoms with Crippen LogP contribution in [-0.4, -0.2) is 34.0 Å². The SMILES string of the molecule is CC(=O)SCC(C(=O)OC(Cc1ccccc1)C(=O)O)c1ccccc1. The number of ether oxygens (including phenoxy) is 1. The normalized spacial score (nSPS) is 12.8. The predicted molar refractivity (Wildman–Crippen MR) is 100.0 cm³/mol. The number of aliphatic carboxylic acids is 1. The summed E-state index contributed by atoms with van der Waals surface area (Å²) in [7, 11) is 0. The van der Waals surface area contributed by atoms with Crippen LogP contribution in [0.4, 0.5) is 0 Å². The van der Waals surface area contributed by atoms with Gasteiger partial charge in [0, 0.05) is 19.1 Å². The lowest BCUT2D eigenvalue weighted by molar-refractivity contribution is -0.164. The summed E-state index contributed by atoms with van der Waals surface area (Å²) in [5, 5.41) is 9.30. The van der Waals surface area contributed by atoms with Crippen molar-refractivity contribution in [3.63, 3.8) is 0 Å². The first-order valence-electron chi connectivity index (χ1n) is 8.13. The number of rotatable bonds is 8. The molecule has 136 valence electrons. The third-order valence-electron chi connectivity index (χ3n) is 3.74. The average Bonchev–Trinajstić information content (AvgIpc) is 2.63. The fourth-order valence-electron chi connectivity index (χ4n) is 2.42. The quantitative estimate of drug-likeness (QED) is 0.716. The summed E-state index contributed by atoms with van der Waals surface area (Å²) in [5.74, 6) is -2.35. The molecule has 0 amide bonds. The Morgan fingerprint density at radius 1 is 1.00 bits per heavy atom. The predicted octanol–water partition coefficient (Wildman–Crippen LogP) is 3.29. The zero-order chi connectivity index (χ0) is 18.9. The molecule has 1 N–H and O–H groups in total. The van der Waals surface area contributed by atoms with Crippen molar-refractivity contribution in [3.05, 3.63) is 71.8 Å². The van der Waals surface area contributed by atoms with Gasteiger partial charge in [-0.25, -0.2) is 4.79 Å². The lowest BCUT2D eigenvalue weighted by Gasteiger charge is -2.19. The van der Waals surface area contributed by atoms with Crippen molar-refractivity contribution in [1.82, 2.24) is 0 Å². The minimum Gasteiger partial charge on any atom is -0.478 e. The van der Waals surface area contributed by atoms with Crippen molar-refractivity contribution < 1.29 is 24.2 Å². The molecule has 0 bridgehead atoms. The summed E-state index contributed by atoms with van der Waals surface area (Å²) in [6.07, 6.45) is -1.19. The second kappa shape index (κ2) is 9.77. The van der Waals surface area contributed by atoms with Crippen LogP contribution >= 0.6 is 11.8 Å². The van der Waals surface area contributed by atoms with Gasteiger partial charge in [-0.15, -0.1) is 0 Å². The molecule has 5 nitrogen and oxygen atoms in total. The van der Waals surface area contributed by atoms with E-state index in [1.165, 1.54) is 6.92 Å². The molecule has 2 unspecified atom stereocenters. The summed E-state index contributed by atoms with van der Waals surface area (Å²) in [6.45, 7) is 1.42. The highest BCUT2D eigenvalue weighted by Gasteiger charge is 2.29. The van der Waals surface area contributed by atoms with Gasteiger partial charge in [-0.05, 0) is 11.1 Å². The molecule has 6 heteroatoms. The van der Waals surface area contributed by atoms with Crippen LogP contribution in [0.2, 0.25) is 0 Å². The van der Waals surface area contributed by atoms with Gasteiger partial charge in [0.1, 0.15) is 0 Å². The van der Waals surface area contributed by atoms with Gasteiger partial charge in [-0.2, -0.15) is 0 Å². The summed E-state index contributed by atoms with van der Waals surface area (Å²) in [6, 6.07) is 17.9. The van der Waals surface area contributed by atoms with Crippen molar-refractivity contribution in [3.8, 4) is 0 Å². The van der Waals surface area contributed by atoms with E-state index in [9.17, 15) is 19.5 Å². The van der Waals surface area contributed by atoms with E-state index in [1.54, 1.807) is 48.5 Å². The Morgan fingerprint density at radius 3 is 2.12 bits per heavy atom. The molecule has 2 rings (SSSR count). The van der Waals surface area contributed by atoms with Crippen molar-refractivity contribution in [2.24, 2.45) is 0 Å². The monoisotopic (exact) mass is 372 g/mol. The number of carbonyl (C=O) groups is 3. The molecule has 0 saturated heterocycles. The minimum atomic E-state index is -1.28. The van der Waals surface area contributed by atoms with Crippen molar-refractivity contribution in [2.45, 2.75) is 25.4 Å². The topological polar surface area (TPSA) is 80.7 Å². The maximum absolute atomic E-state index is 12.7. The molecular weight excluding hydrogens is 352 g/mol. The molecule has 26 heavy (non-hydrogen) atoms. The summed E-state index contributed by atoms with van der Waals surface area (Å²) in [5.41, 5.74) is 1.46. The number of carboxylic acid groups (broad SMARTS) is 1. The first-order chi connectivity index (χ1) is 12.5. The number of hydrogen-bond acceptors (Lipinski definition) is 5. The molecule has 0 heterocycles. The lowest BCUT2D eigenvalue weighted by atomic mass is 10.0. The molecule has 0 aliphatic carbocycles. The smallest absolute Gasteiger partial charge is 0.345 e. The van der Waals surface area contributed by atoms with Crippen LogP contribution in [0.3, 0.4) is 0 Å². The van der Waals surface area contributed by atoms with E-state index in [-0.39, 0.29) is 17.3 Å². The molecule has 0 aliphatic heterocycles. The van der Waals surface area contributed by atoms with Gasteiger partial charge in [-0.1, -0.05) is 72.4 Å². The van der Waals surface area contributed by atoms with E-state index in [4.69, 9.17) is 4.74 Å². The molecule has 2 aromatic carbocycles. The fraction of sp³-hybridized carbons (Fsp3) is 0.250. The van der Waals surface area contributed by atoms with Gasteiger partial charge < -0.3 is 9.84 Å². The van der Waals surface area contributed by atoms with Gasteiger partial charge >= 0.3 is 11.9 Å². The Balaban J connectivity index is 2.14. The Labute approximate surface area is 156 Å². The summed E-state index contributed by atoms with van der Waals surface area (Å²) < 4.78 is 5.30. The molecule has 0 aliphatic rings. The fourth-order valence-corrected chi connectivity index (χ4v) is 3.15. The van der Waals surface area contributed by atoms with Crippen LogP contribution in [-0.2, 0) is 25.5 Å². The highest BCUT2D eigenvalue weighted by molar-refractivity contribution is 8.13. The molecule has 0 fully saturated rings. The standard InChI is InChI=1S/C20H20O5S/c1-14(21)26-13-17(16-10-6-3-7-11-16)20(24)25-18(19(22)23)12-15-8-4-2-5-9-15/h2-11,17-18H,12-13H2,1H3,(H,22,23). The third-order valence-corrected chi connectivity index (χ3v) is 4.64. The maximum Gasteiger partial charge on any atom is 0.345 e. The van der Waals surface area contributed by atoms with E-state index >= 15 is 0 Å². The number of hydrogen-bond donors (Lipinski definition) is 1. The molecule has 0 radical (unpaired) electrons. The van der Waals surface area contributed by atoms with Crippen LogP contribution in [0.5, 0.6) is 0 Å². The summed E-state index contributed by atoms with van der Waals surface area (Å²) in [4.78, 5) is 35.5. The van der Waals surface area contributed by atoms with Gasteiger partial charge in [0.25, 0.3) is 0 Å². The second-order valence-electron chi connectivity index (χ2n) is 5.72. The van der Waals surface area contributed by atoms with E-state index in [0.29, 0.717) is 5.56 Å². The Morgan fingerprint density at radius 2 is 1.58 bits per heavy atom. The van der Waals surface area contributed by atoms with Crippen LogP contribution < -0.4 is 0 Å². The van der Waals surface area contributed by atoms with E-state index in [2.05, 4.69) is 0 Å². The first-order valence-corrected chi connectivity index (χ1v) is 9.11. The van der Waals surface area contributed by atoms with Crippen molar-refractivity contribution in [2.75, 3.05) is 5.75 Å². The molecule has 0 saturated carbocycles. The first kappa shape index (κ1) is 19.7. The lowest BCUT2D eigenvalue weighted by Crippen LogP contribution is -2.32. The molecule has 2 aromatic rings. The highest BCUT2D eigenvalue weighted by Crippen LogP contribution is 2.24. The molecule has 0 aromatic heterocycles. The number of esters is 1. The number of benzene rings is 2. The molecule has 0 spiro atoms. The maximum atomic E-state index is 12.7. The van der Waals surface area contributed by atoms with E-state index in [0.717, 1.165) is 17.3 Å². The number of carbonyl (C=O) groups excluding carboxylic acids is 2. The van der Waals surface area contributed by atoms with Crippen molar-refractivity contribution >= 4 is 28.8 Å². The van der Waals surface area contributed by atoms with E-state index < -0.39 is 24.0 Å². The number of carboxylic acids is 1. The average molecular weight is 372 g/mol. The highest BCUT2D eigenvalue weighted by atomic mass is 32.2. The third kappa shape index (κ3) is 6.04. The minimum absolute atomic E-state index is 0.0866. The van der Waals surface area contributed by atoms with Gasteiger partial charge in [0.15, 0.2) is 5.12 Å². The van der Waals surface area contributed by atoms with Gasteiger partial charge in [-0.3, -0.25) is 9.59 Å². The Bertz CT molecular complexity index is 745. The largest absolute Gasteiger partial charge is 0.478 e.